The number of hydrogen-bond acceptors (Lipinski definition) is 6. The van der Waals surface area contributed by atoms with Gasteiger partial charge >= 0.3 is 0 Å². The molecule has 1 amide bonds. The molecule has 1 heterocycles. The van der Waals surface area contributed by atoms with Crippen LogP contribution in [0.15, 0.2) is 42.5 Å². The second-order valence-corrected chi connectivity index (χ2v) is 9.52. The van der Waals surface area contributed by atoms with Gasteiger partial charge in [0.05, 0.1) is 45.9 Å². The summed E-state index contributed by atoms with van der Waals surface area (Å²) in [6.07, 6.45) is -1.11. The lowest BCUT2D eigenvalue weighted by Crippen LogP contribution is -2.47. The molecule has 1 aliphatic rings. The zero-order valence-corrected chi connectivity index (χ0v) is 17.0. The predicted octanol–water partition coefficient (Wildman–Crippen LogP) is 2.18. The minimum Gasteiger partial charge on any atom is -0.399 e. The first kappa shape index (κ1) is 20.7. The maximum Gasteiger partial charge on any atom is 0.243 e. The van der Waals surface area contributed by atoms with E-state index < -0.39 is 27.9 Å². The number of nitrogens with one attached hydrogen (secondary N) is 1. The normalized spacial score (nSPS) is 20.7. The zero-order chi connectivity index (χ0) is 20.5. The quantitative estimate of drug-likeness (QED) is 0.610. The minimum absolute atomic E-state index is 0.190. The monoisotopic (exact) mass is 443 g/mol. The second-order valence-electron chi connectivity index (χ2n) is 6.58. The zero-order valence-electron chi connectivity index (χ0n) is 14.7. The molecule has 4 N–H and O–H groups in total. The fraction of sp³-hybridized carbons (Fsp3) is 0.278. The molecule has 1 saturated heterocycles. The first-order chi connectivity index (χ1) is 13.2. The SMILES string of the molecule is Nc1ccc(N(CC(=O)Nc2cccc(Cl)c2Cl)C2CS(=O)(=O)CC2O)cc1. The molecular weight excluding hydrogens is 425 g/mol. The maximum atomic E-state index is 12.6. The maximum absolute atomic E-state index is 12.6. The summed E-state index contributed by atoms with van der Waals surface area (Å²) >= 11 is 12.1. The molecule has 7 nitrogen and oxygen atoms in total. The number of sulfone groups is 1. The molecule has 2 aromatic rings. The number of amides is 1. The number of carbonyl (C=O) groups excluding carboxylic acids is 1. The highest BCUT2D eigenvalue weighted by Crippen LogP contribution is 2.30. The van der Waals surface area contributed by atoms with Gasteiger partial charge < -0.3 is 21.1 Å². The average Bonchev–Trinajstić information content (AvgIpc) is 2.90. The molecule has 2 aromatic carbocycles. The number of nitrogens with two attached hydrogens (primary N) is 1. The standard InChI is InChI=1S/C18H19Cl2N3O4S/c19-13-2-1-3-14(18(13)20)22-17(25)8-23(12-6-4-11(21)5-7-12)15-9-28(26,27)10-16(15)24/h1-7,15-16,24H,8-10,21H2,(H,22,25). The van der Waals surface area contributed by atoms with Gasteiger partial charge in [0, 0.05) is 11.4 Å². The molecule has 0 radical (unpaired) electrons. The number of nitrogen functional groups attached to an aromatic ring is 1. The van der Waals surface area contributed by atoms with Gasteiger partial charge in [0.2, 0.25) is 5.91 Å². The van der Waals surface area contributed by atoms with Gasteiger partial charge in [-0.25, -0.2) is 8.42 Å². The van der Waals surface area contributed by atoms with Crippen molar-refractivity contribution < 1.29 is 18.3 Å². The van der Waals surface area contributed by atoms with Crippen molar-refractivity contribution in [2.24, 2.45) is 0 Å². The smallest absolute Gasteiger partial charge is 0.243 e. The van der Waals surface area contributed by atoms with Crippen molar-refractivity contribution in [2.75, 3.05) is 34.0 Å². The summed E-state index contributed by atoms with van der Waals surface area (Å²) in [6, 6.07) is 10.7. The molecule has 28 heavy (non-hydrogen) atoms. The van der Waals surface area contributed by atoms with Gasteiger partial charge in [-0.3, -0.25) is 4.79 Å². The first-order valence-corrected chi connectivity index (χ1v) is 11.0. The molecule has 2 atom stereocenters. The fourth-order valence-electron chi connectivity index (χ4n) is 3.12. The highest BCUT2D eigenvalue weighted by Gasteiger charge is 2.40. The average molecular weight is 444 g/mol. The van der Waals surface area contributed by atoms with Crippen LogP contribution in [0, 0.1) is 0 Å². The van der Waals surface area contributed by atoms with E-state index >= 15 is 0 Å². The van der Waals surface area contributed by atoms with Crippen LogP contribution in [-0.4, -0.2) is 49.6 Å². The molecule has 2 unspecified atom stereocenters. The fourth-order valence-corrected chi connectivity index (χ4v) is 5.27. The van der Waals surface area contributed by atoms with Crippen LogP contribution in [0.2, 0.25) is 10.0 Å². The van der Waals surface area contributed by atoms with Crippen LogP contribution in [0.4, 0.5) is 17.1 Å². The molecule has 10 heteroatoms. The third kappa shape index (κ3) is 4.70. The van der Waals surface area contributed by atoms with Crippen LogP contribution in [-0.2, 0) is 14.6 Å². The number of carbonyl (C=O) groups is 1. The van der Waals surface area contributed by atoms with Gasteiger partial charge in [-0.05, 0) is 36.4 Å². The van der Waals surface area contributed by atoms with Crippen LogP contribution in [0.5, 0.6) is 0 Å². The van der Waals surface area contributed by atoms with Gasteiger partial charge in [-0.1, -0.05) is 29.3 Å². The highest BCUT2D eigenvalue weighted by atomic mass is 35.5. The van der Waals surface area contributed by atoms with Crippen molar-refractivity contribution >= 4 is 56.0 Å². The number of rotatable bonds is 5. The molecule has 1 fully saturated rings. The van der Waals surface area contributed by atoms with Crippen LogP contribution < -0.4 is 16.0 Å². The molecular formula is C18H19Cl2N3O4S. The Morgan fingerprint density at radius 2 is 1.86 bits per heavy atom. The molecule has 0 aromatic heterocycles. The van der Waals surface area contributed by atoms with Gasteiger partial charge in [0.15, 0.2) is 9.84 Å². The van der Waals surface area contributed by atoms with E-state index in [4.69, 9.17) is 28.9 Å². The lowest BCUT2D eigenvalue weighted by Gasteiger charge is -2.32. The van der Waals surface area contributed by atoms with Crippen molar-refractivity contribution in [3.05, 3.63) is 52.5 Å². The summed E-state index contributed by atoms with van der Waals surface area (Å²) in [7, 11) is -3.40. The summed E-state index contributed by atoms with van der Waals surface area (Å²) in [4.78, 5) is 14.2. The predicted molar refractivity (Wildman–Crippen MR) is 112 cm³/mol. The lowest BCUT2D eigenvalue weighted by molar-refractivity contribution is -0.115. The highest BCUT2D eigenvalue weighted by molar-refractivity contribution is 7.91. The van der Waals surface area contributed by atoms with E-state index in [1.54, 1.807) is 47.4 Å². The number of aliphatic hydroxyl groups excluding tert-OH is 1. The van der Waals surface area contributed by atoms with Crippen molar-refractivity contribution in [1.29, 1.82) is 0 Å². The van der Waals surface area contributed by atoms with Crippen LogP contribution in [0.25, 0.3) is 0 Å². The summed E-state index contributed by atoms with van der Waals surface area (Å²) in [6.45, 7) is -0.190. The summed E-state index contributed by atoms with van der Waals surface area (Å²) in [5.41, 5.74) is 7.16. The molecule has 150 valence electrons. The Labute approximate surface area is 173 Å². The topological polar surface area (TPSA) is 113 Å². The van der Waals surface area contributed by atoms with Gasteiger partial charge in [0.25, 0.3) is 0 Å². The minimum atomic E-state index is -3.40. The van der Waals surface area contributed by atoms with E-state index in [1.807, 2.05) is 0 Å². The Hall–Kier alpha value is -2.00. The summed E-state index contributed by atoms with van der Waals surface area (Å²) in [5, 5.41) is 13.5. The van der Waals surface area contributed by atoms with E-state index in [0.717, 1.165) is 0 Å². The Balaban J connectivity index is 1.86. The molecule has 3 rings (SSSR count). The van der Waals surface area contributed by atoms with E-state index in [9.17, 15) is 18.3 Å². The molecule has 0 saturated carbocycles. The Morgan fingerprint density at radius 1 is 1.18 bits per heavy atom. The lowest BCUT2D eigenvalue weighted by atomic mass is 10.1. The van der Waals surface area contributed by atoms with E-state index in [2.05, 4.69) is 5.32 Å². The second kappa shape index (κ2) is 8.16. The van der Waals surface area contributed by atoms with Crippen molar-refractivity contribution in [3.63, 3.8) is 0 Å². The summed E-state index contributed by atoms with van der Waals surface area (Å²) in [5.74, 6) is -1.02. The van der Waals surface area contributed by atoms with Crippen molar-refractivity contribution in [1.82, 2.24) is 0 Å². The van der Waals surface area contributed by atoms with Crippen LogP contribution >= 0.6 is 23.2 Å². The number of benzene rings is 2. The van der Waals surface area contributed by atoms with Gasteiger partial charge in [-0.2, -0.15) is 0 Å². The van der Waals surface area contributed by atoms with E-state index in [0.29, 0.717) is 22.1 Å². The number of anilines is 3. The molecule has 0 aliphatic carbocycles. The van der Waals surface area contributed by atoms with E-state index in [-0.39, 0.29) is 23.1 Å². The third-order valence-electron chi connectivity index (χ3n) is 4.46. The third-order valence-corrected chi connectivity index (χ3v) is 6.98. The largest absolute Gasteiger partial charge is 0.399 e. The van der Waals surface area contributed by atoms with E-state index in [1.165, 1.54) is 0 Å². The summed E-state index contributed by atoms with van der Waals surface area (Å²) < 4.78 is 23.9. The number of aliphatic hydroxyl groups is 1. The van der Waals surface area contributed by atoms with Gasteiger partial charge in [-0.15, -0.1) is 0 Å². The number of hydrogen-bond donors (Lipinski definition) is 3. The molecule has 1 aliphatic heterocycles. The van der Waals surface area contributed by atoms with Crippen LogP contribution in [0.3, 0.4) is 0 Å². The Morgan fingerprint density at radius 3 is 2.46 bits per heavy atom. The van der Waals surface area contributed by atoms with Crippen molar-refractivity contribution in [2.45, 2.75) is 12.1 Å². The Bertz CT molecular complexity index is 983. The number of halogens is 2. The van der Waals surface area contributed by atoms with Gasteiger partial charge in [0.1, 0.15) is 0 Å². The van der Waals surface area contributed by atoms with Crippen molar-refractivity contribution in [3.8, 4) is 0 Å². The molecule has 0 bridgehead atoms. The molecule has 0 spiro atoms. The number of nitrogens with zero attached hydrogens (tertiary/aromatic N) is 1. The first-order valence-electron chi connectivity index (χ1n) is 8.41. The van der Waals surface area contributed by atoms with Crippen LogP contribution in [0.1, 0.15) is 0 Å². The Kier molecular flexibility index (Phi) is 6.04.